The van der Waals surface area contributed by atoms with Gasteiger partial charge in [-0.25, -0.2) is 0 Å². The van der Waals surface area contributed by atoms with E-state index in [1.165, 1.54) is 29.7 Å². The molecular formula is C18H17N6. The van der Waals surface area contributed by atoms with E-state index in [4.69, 9.17) is 5.73 Å². The molecule has 0 amide bonds. The van der Waals surface area contributed by atoms with Crippen LogP contribution in [-0.2, 0) is 0 Å². The summed E-state index contributed by atoms with van der Waals surface area (Å²) in [6, 6.07) is 14.8. The van der Waals surface area contributed by atoms with Crippen LogP contribution in [0, 0.1) is 17.4 Å². The van der Waals surface area contributed by atoms with Gasteiger partial charge in [-0.2, -0.15) is 10.1 Å². The van der Waals surface area contributed by atoms with Crippen LogP contribution < -0.4 is 10.6 Å². The second kappa shape index (κ2) is 5.85. The normalized spacial score (nSPS) is 14.7. The molecule has 3 aromatic rings. The predicted molar refractivity (Wildman–Crippen MR) is 92.9 cm³/mol. The number of nitrogen functional groups attached to an aromatic ring is 1. The molecule has 2 heterocycles. The van der Waals surface area contributed by atoms with E-state index < -0.39 is 0 Å². The summed E-state index contributed by atoms with van der Waals surface area (Å²) in [6.45, 7) is 2.23. The summed E-state index contributed by atoms with van der Waals surface area (Å²) < 4.78 is 0. The number of hydrogen-bond acceptors (Lipinski definition) is 5. The van der Waals surface area contributed by atoms with Crippen molar-refractivity contribution < 1.29 is 0 Å². The number of nitriles is 1. The molecule has 1 fully saturated rings. The minimum atomic E-state index is 0.395. The number of nitrogens with two attached hydrogens (primary N) is 1. The number of anilines is 2. The van der Waals surface area contributed by atoms with E-state index in [-0.39, 0.29) is 0 Å². The summed E-state index contributed by atoms with van der Waals surface area (Å²) in [6.07, 6.45) is 3.82. The molecule has 0 aliphatic carbocycles. The first-order chi connectivity index (χ1) is 11.7. The van der Waals surface area contributed by atoms with Gasteiger partial charge < -0.3 is 10.6 Å². The summed E-state index contributed by atoms with van der Waals surface area (Å²) in [5.41, 5.74) is 9.67. The van der Waals surface area contributed by atoms with Gasteiger partial charge in [0.2, 0.25) is 0 Å². The summed E-state index contributed by atoms with van der Waals surface area (Å²) in [5, 5.41) is 18.0. The summed E-state index contributed by atoms with van der Waals surface area (Å²) >= 11 is 0. The topological polar surface area (TPSA) is 83.8 Å². The van der Waals surface area contributed by atoms with E-state index in [1.807, 2.05) is 12.1 Å². The minimum Gasteiger partial charge on any atom is -0.398 e. The molecule has 1 aliphatic heterocycles. The third kappa shape index (κ3) is 2.54. The van der Waals surface area contributed by atoms with Crippen molar-refractivity contribution in [3.8, 4) is 11.8 Å². The molecule has 0 atom stereocenters. The van der Waals surface area contributed by atoms with E-state index in [9.17, 15) is 5.26 Å². The van der Waals surface area contributed by atoms with Crippen molar-refractivity contribution in [2.24, 2.45) is 0 Å². The Balaban J connectivity index is 1.68. The molecule has 0 saturated carbocycles. The maximum atomic E-state index is 9.22. The molecule has 6 nitrogen and oxygen atoms in total. The fourth-order valence-corrected chi connectivity index (χ4v) is 3.12. The number of benzene rings is 2. The SMILES string of the molecule is N#Cc1cc(N)[c]c2nn(-c3ccc(N4CCCCC4)cc3)nc12. The molecule has 1 aliphatic rings. The van der Waals surface area contributed by atoms with Crippen LogP contribution >= 0.6 is 0 Å². The van der Waals surface area contributed by atoms with Crippen molar-refractivity contribution in [2.45, 2.75) is 19.3 Å². The first kappa shape index (κ1) is 14.5. The van der Waals surface area contributed by atoms with Crippen LogP contribution in [-0.4, -0.2) is 28.1 Å². The van der Waals surface area contributed by atoms with Crippen molar-refractivity contribution in [1.82, 2.24) is 15.0 Å². The first-order valence-electron chi connectivity index (χ1n) is 8.09. The summed E-state index contributed by atoms with van der Waals surface area (Å²) in [5.74, 6) is 0. The molecule has 0 spiro atoms. The third-order valence-corrected chi connectivity index (χ3v) is 4.35. The van der Waals surface area contributed by atoms with Crippen LogP contribution in [0.2, 0.25) is 0 Å². The Morgan fingerprint density at radius 1 is 1.04 bits per heavy atom. The molecule has 1 radical (unpaired) electrons. The number of nitrogens with zero attached hydrogens (tertiary/aromatic N) is 5. The molecule has 0 bridgehead atoms. The number of hydrogen-bond donors (Lipinski definition) is 1. The lowest BCUT2D eigenvalue weighted by atomic mass is 10.1. The lowest BCUT2D eigenvalue weighted by Crippen LogP contribution is -2.29. The van der Waals surface area contributed by atoms with Gasteiger partial charge in [0, 0.05) is 30.5 Å². The van der Waals surface area contributed by atoms with Crippen molar-refractivity contribution in [1.29, 1.82) is 5.26 Å². The molecule has 2 aromatic carbocycles. The van der Waals surface area contributed by atoms with Crippen molar-refractivity contribution in [3.05, 3.63) is 42.0 Å². The molecule has 1 saturated heterocycles. The molecule has 24 heavy (non-hydrogen) atoms. The van der Waals surface area contributed by atoms with Gasteiger partial charge >= 0.3 is 0 Å². The zero-order valence-corrected chi connectivity index (χ0v) is 13.2. The van der Waals surface area contributed by atoms with Crippen LogP contribution in [0.4, 0.5) is 11.4 Å². The highest BCUT2D eigenvalue weighted by molar-refractivity contribution is 5.83. The quantitative estimate of drug-likeness (QED) is 0.735. The summed E-state index contributed by atoms with van der Waals surface area (Å²) in [4.78, 5) is 3.93. The molecule has 0 unspecified atom stereocenters. The monoisotopic (exact) mass is 317 g/mol. The van der Waals surface area contributed by atoms with Crippen molar-refractivity contribution in [2.75, 3.05) is 23.7 Å². The predicted octanol–water partition coefficient (Wildman–Crippen LogP) is 2.66. The Morgan fingerprint density at radius 2 is 1.75 bits per heavy atom. The van der Waals surface area contributed by atoms with E-state index in [1.54, 1.807) is 6.07 Å². The lowest BCUT2D eigenvalue weighted by Gasteiger charge is -2.28. The number of aromatic nitrogens is 3. The smallest absolute Gasteiger partial charge is 0.132 e. The zero-order chi connectivity index (χ0) is 16.5. The van der Waals surface area contributed by atoms with Gasteiger partial charge in [-0.15, -0.1) is 10.2 Å². The van der Waals surface area contributed by atoms with Gasteiger partial charge in [0.05, 0.1) is 11.3 Å². The third-order valence-electron chi connectivity index (χ3n) is 4.35. The van der Waals surface area contributed by atoms with Gasteiger partial charge in [0.1, 0.15) is 17.1 Å². The van der Waals surface area contributed by atoms with Crippen LogP contribution in [0.25, 0.3) is 16.7 Å². The maximum Gasteiger partial charge on any atom is 0.132 e. The summed E-state index contributed by atoms with van der Waals surface area (Å²) in [7, 11) is 0. The highest BCUT2D eigenvalue weighted by atomic mass is 15.5. The van der Waals surface area contributed by atoms with E-state index in [0.717, 1.165) is 18.8 Å². The second-order valence-corrected chi connectivity index (χ2v) is 6.00. The molecule has 119 valence electrons. The zero-order valence-electron chi connectivity index (χ0n) is 13.2. The average molecular weight is 317 g/mol. The average Bonchev–Trinajstić information content (AvgIpc) is 3.06. The van der Waals surface area contributed by atoms with Crippen molar-refractivity contribution >= 4 is 22.4 Å². The second-order valence-electron chi connectivity index (χ2n) is 6.00. The van der Waals surface area contributed by atoms with Crippen molar-refractivity contribution in [3.63, 3.8) is 0 Å². The van der Waals surface area contributed by atoms with Crippen LogP contribution in [0.1, 0.15) is 24.8 Å². The number of piperidine rings is 1. The maximum absolute atomic E-state index is 9.22. The Bertz CT molecular complexity index is 913. The van der Waals surface area contributed by atoms with Gasteiger partial charge in [-0.1, -0.05) is 0 Å². The first-order valence-corrected chi connectivity index (χ1v) is 8.09. The Labute approximate surface area is 140 Å². The van der Waals surface area contributed by atoms with E-state index in [0.29, 0.717) is 22.3 Å². The van der Waals surface area contributed by atoms with Crippen LogP contribution in [0.5, 0.6) is 0 Å². The minimum absolute atomic E-state index is 0.395. The number of rotatable bonds is 2. The van der Waals surface area contributed by atoms with E-state index in [2.05, 4.69) is 39.4 Å². The van der Waals surface area contributed by atoms with Gasteiger partial charge in [-0.3, -0.25) is 0 Å². The highest BCUT2D eigenvalue weighted by Crippen LogP contribution is 2.23. The Kier molecular flexibility index (Phi) is 3.54. The van der Waals surface area contributed by atoms with E-state index >= 15 is 0 Å². The molecule has 2 N–H and O–H groups in total. The molecule has 1 aromatic heterocycles. The fourth-order valence-electron chi connectivity index (χ4n) is 3.12. The standard InChI is InChI=1S/C18H17N6/c19-12-13-10-14(20)11-17-18(13)22-24(21-17)16-6-4-15(5-7-16)23-8-2-1-3-9-23/h4-7,10H,1-3,8-9,20H2. The largest absolute Gasteiger partial charge is 0.398 e. The molecule has 4 rings (SSSR count). The van der Waals surface area contributed by atoms with Gasteiger partial charge in [-0.05, 0) is 49.6 Å². The Hall–Kier alpha value is -3.07. The fraction of sp³-hybridized carbons (Fsp3) is 0.278. The van der Waals surface area contributed by atoms with Crippen LogP contribution in [0.15, 0.2) is 30.3 Å². The highest BCUT2D eigenvalue weighted by Gasteiger charge is 2.13. The van der Waals surface area contributed by atoms with Crippen LogP contribution in [0.3, 0.4) is 0 Å². The number of fused-ring (bicyclic) bond motifs is 1. The molecule has 6 heteroatoms. The lowest BCUT2D eigenvalue weighted by molar-refractivity contribution is 0.578. The Morgan fingerprint density at radius 3 is 2.46 bits per heavy atom. The molecular weight excluding hydrogens is 300 g/mol. The van der Waals surface area contributed by atoms with Gasteiger partial charge in [0.15, 0.2) is 0 Å². The van der Waals surface area contributed by atoms with Gasteiger partial charge in [0.25, 0.3) is 0 Å².